The molecule has 4 rings (SSSR count). The van der Waals surface area contributed by atoms with E-state index in [1.807, 2.05) is 32.0 Å². The van der Waals surface area contributed by atoms with E-state index in [2.05, 4.69) is 15.8 Å². The Kier molecular flexibility index (Phi) is 6.09. The van der Waals surface area contributed by atoms with E-state index in [4.69, 9.17) is 4.74 Å². The Morgan fingerprint density at radius 3 is 2.59 bits per heavy atom. The quantitative estimate of drug-likeness (QED) is 0.725. The topological polar surface area (TPSA) is 86.3 Å². The molecule has 2 heterocycles. The molecule has 0 aliphatic carbocycles. The summed E-state index contributed by atoms with van der Waals surface area (Å²) in [5.74, 6) is 0.431. The third-order valence-electron chi connectivity index (χ3n) is 5.41. The summed E-state index contributed by atoms with van der Waals surface area (Å²) in [6, 6.07) is 13.1. The van der Waals surface area contributed by atoms with Gasteiger partial charge in [-0.15, -0.1) is 0 Å². The monoisotopic (exact) mass is 451 g/mol. The van der Waals surface area contributed by atoms with E-state index in [9.17, 15) is 9.59 Å². The Labute approximate surface area is 191 Å². The van der Waals surface area contributed by atoms with Crippen molar-refractivity contribution < 1.29 is 14.3 Å². The van der Waals surface area contributed by atoms with Gasteiger partial charge in [-0.1, -0.05) is 17.8 Å². The summed E-state index contributed by atoms with van der Waals surface area (Å²) in [6.07, 6.45) is 2.90. The first kappa shape index (κ1) is 21.8. The maximum Gasteiger partial charge on any atom is 0.276 e. The van der Waals surface area contributed by atoms with Gasteiger partial charge in [0.05, 0.1) is 12.4 Å². The standard InChI is InChI=1S/C23H25N5O3S/c1-14-5-8-18(13-15(14)2)27-11-12-28-20(22(27)30)25-26-23(28)32-16(3)21(29)24-17-6-9-19(31-4)10-7-17/h5-13,16,20,25H,1-4H3,(H,24,29). The van der Waals surface area contributed by atoms with Crippen LogP contribution in [0.3, 0.4) is 0 Å². The number of hydrogen-bond donors (Lipinski definition) is 2. The Morgan fingerprint density at radius 2 is 1.91 bits per heavy atom. The summed E-state index contributed by atoms with van der Waals surface area (Å²) in [6.45, 7) is 5.86. The van der Waals surface area contributed by atoms with E-state index in [1.54, 1.807) is 60.5 Å². The van der Waals surface area contributed by atoms with Crippen molar-refractivity contribution >= 4 is 40.1 Å². The number of methoxy groups -OCH3 is 1. The lowest BCUT2D eigenvalue weighted by atomic mass is 10.1. The highest BCUT2D eigenvalue weighted by Gasteiger charge is 2.39. The molecule has 0 saturated carbocycles. The number of carbonyl (C=O) groups excluding carboxylic acids is 2. The number of benzene rings is 2. The number of ether oxygens (including phenoxy) is 1. The highest BCUT2D eigenvalue weighted by molar-refractivity contribution is 8.14. The number of nitrogens with zero attached hydrogens (tertiary/aromatic N) is 3. The molecule has 2 aromatic rings. The lowest BCUT2D eigenvalue weighted by molar-refractivity contribution is -0.122. The number of aryl methyl sites for hydroxylation is 2. The molecule has 0 radical (unpaired) electrons. The van der Waals surface area contributed by atoms with Gasteiger partial charge >= 0.3 is 0 Å². The van der Waals surface area contributed by atoms with E-state index < -0.39 is 11.4 Å². The number of rotatable bonds is 5. The first-order chi connectivity index (χ1) is 15.4. The fraction of sp³-hybridized carbons (Fsp3) is 0.261. The number of fused-ring (bicyclic) bond motifs is 1. The highest BCUT2D eigenvalue weighted by atomic mass is 32.2. The lowest BCUT2D eigenvalue weighted by Crippen LogP contribution is -2.52. The molecular formula is C23H25N5O3S. The van der Waals surface area contributed by atoms with Gasteiger partial charge in [0.15, 0.2) is 5.17 Å². The van der Waals surface area contributed by atoms with E-state index in [1.165, 1.54) is 17.3 Å². The molecule has 2 atom stereocenters. The zero-order valence-corrected chi connectivity index (χ0v) is 19.1. The number of thioether (sulfide) groups is 1. The van der Waals surface area contributed by atoms with Crippen molar-refractivity contribution in [3.05, 3.63) is 66.0 Å². The molecule has 2 aliphatic heterocycles. The van der Waals surface area contributed by atoms with E-state index >= 15 is 0 Å². The minimum absolute atomic E-state index is 0.134. The van der Waals surface area contributed by atoms with Gasteiger partial charge in [0.1, 0.15) is 5.75 Å². The molecule has 2 aliphatic rings. The molecule has 0 saturated heterocycles. The molecule has 8 nitrogen and oxygen atoms in total. The van der Waals surface area contributed by atoms with Gasteiger partial charge < -0.3 is 10.1 Å². The van der Waals surface area contributed by atoms with Gasteiger partial charge in [-0.2, -0.15) is 5.10 Å². The van der Waals surface area contributed by atoms with Gasteiger partial charge in [0, 0.05) is 23.8 Å². The second kappa shape index (κ2) is 8.96. The van der Waals surface area contributed by atoms with Gasteiger partial charge in [0.2, 0.25) is 12.1 Å². The average molecular weight is 452 g/mol. The Balaban J connectivity index is 1.41. The van der Waals surface area contributed by atoms with Crippen LogP contribution in [0, 0.1) is 13.8 Å². The summed E-state index contributed by atoms with van der Waals surface area (Å²) in [7, 11) is 1.59. The van der Waals surface area contributed by atoms with Crippen LogP contribution in [0.5, 0.6) is 5.75 Å². The lowest BCUT2D eigenvalue weighted by Gasteiger charge is -2.32. The number of hydrogen-bond acceptors (Lipinski definition) is 7. The van der Waals surface area contributed by atoms with Crippen LogP contribution >= 0.6 is 11.8 Å². The van der Waals surface area contributed by atoms with Crippen LogP contribution in [0.25, 0.3) is 0 Å². The van der Waals surface area contributed by atoms with Gasteiger partial charge in [-0.05, 0) is 68.3 Å². The van der Waals surface area contributed by atoms with Crippen molar-refractivity contribution in [2.75, 3.05) is 17.3 Å². The molecule has 9 heteroatoms. The van der Waals surface area contributed by atoms with E-state index in [-0.39, 0.29) is 11.8 Å². The first-order valence-electron chi connectivity index (χ1n) is 10.2. The van der Waals surface area contributed by atoms with Crippen molar-refractivity contribution in [1.29, 1.82) is 0 Å². The van der Waals surface area contributed by atoms with Crippen LogP contribution in [0.1, 0.15) is 18.1 Å². The summed E-state index contributed by atoms with van der Waals surface area (Å²) in [5.41, 5.74) is 6.68. The predicted octanol–water partition coefficient (Wildman–Crippen LogP) is 3.39. The van der Waals surface area contributed by atoms with Crippen molar-refractivity contribution in [2.45, 2.75) is 32.2 Å². The zero-order chi connectivity index (χ0) is 22.8. The number of amides is 2. The minimum Gasteiger partial charge on any atom is -0.497 e. The van der Waals surface area contributed by atoms with E-state index in [0.717, 1.165) is 17.0 Å². The molecule has 166 valence electrons. The summed E-state index contributed by atoms with van der Waals surface area (Å²) >= 11 is 1.29. The fourth-order valence-electron chi connectivity index (χ4n) is 3.32. The first-order valence-corrected chi connectivity index (χ1v) is 11.1. The Hall–Kier alpha value is -3.46. The van der Waals surface area contributed by atoms with Crippen molar-refractivity contribution in [3.8, 4) is 5.75 Å². The fourth-order valence-corrected chi connectivity index (χ4v) is 4.20. The minimum atomic E-state index is -0.638. The Morgan fingerprint density at radius 1 is 1.16 bits per heavy atom. The normalized spacial score (nSPS) is 18.1. The van der Waals surface area contributed by atoms with Gasteiger partial charge in [-0.3, -0.25) is 24.8 Å². The van der Waals surface area contributed by atoms with Crippen molar-refractivity contribution in [1.82, 2.24) is 10.3 Å². The number of hydrazone groups is 1. The van der Waals surface area contributed by atoms with Crippen LogP contribution < -0.4 is 20.4 Å². The molecule has 2 N–H and O–H groups in total. The molecule has 0 spiro atoms. The number of anilines is 2. The third kappa shape index (κ3) is 4.29. The zero-order valence-electron chi connectivity index (χ0n) is 18.3. The van der Waals surface area contributed by atoms with Crippen LogP contribution in [0.4, 0.5) is 11.4 Å². The van der Waals surface area contributed by atoms with Crippen molar-refractivity contribution in [2.24, 2.45) is 5.10 Å². The van der Waals surface area contributed by atoms with Crippen LogP contribution in [0.2, 0.25) is 0 Å². The number of carbonyl (C=O) groups is 2. The largest absolute Gasteiger partial charge is 0.497 e. The molecular weight excluding hydrogens is 426 g/mol. The predicted molar refractivity (Wildman–Crippen MR) is 127 cm³/mol. The Bertz CT molecular complexity index is 1100. The summed E-state index contributed by atoms with van der Waals surface area (Å²) < 4.78 is 5.13. The summed E-state index contributed by atoms with van der Waals surface area (Å²) in [5, 5.41) is 7.33. The molecule has 0 fully saturated rings. The maximum absolute atomic E-state index is 13.1. The molecule has 2 unspecified atom stereocenters. The average Bonchev–Trinajstić information content (AvgIpc) is 3.20. The summed E-state index contributed by atoms with van der Waals surface area (Å²) in [4.78, 5) is 29.1. The third-order valence-corrected chi connectivity index (χ3v) is 6.49. The molecule has 0 aromatic heterocycles. The van der Waals surface area contributed by atoms with Gasteiger partial charge in [-0.25, -0.2) is 0 Å². The second-order valence-corrected chi connectivity index (χ2v) is 8.89. The van der Waals surface area contributed by atoms with E-state index in [0.29, 0.717) is 10.9 Å². The molecule has 0 bridgehead atoms. The molecule has 2 amide bonds. The molecule has 2 aromatic carbocycles. The SMILES string of the molecule is COc1ccc(NC(=O)C(C)SC2=NNC3C(=O)N(c4ccc(C)c(C)c4)C=CN23)cc1. The van der Waals surface area contributed by atoms with Crippen LogP contribution in [-0.2, 0) is 9.59 Å². The van der Waals surface area contributed by atoms with Crippen molar-refractivity contribution in [3.63, 3.8) is 0 Å². The number of nitrogens with one attached hydrogen (secondary N) is 2. The van der Waals surface area contributed by atoms with Crippen LogP contribution in [0.15, 0.2) is 60.0 Å². The van der Waals surface area contributed by atoms with Crippen LogP contribution in [-0.4, -0.2) is 40.4 Å². The smallest absolute Gasteiger partial charge is 0.276 e. The second-order valence-electron chi connectivity index (χ2n) is 7.59. The maximum atomic E-state index is 13.1. The highest BCUT2D eigenvalue weighted by Crippen LogP contribution is 2.28. The molecule has 32 heavy (non-hydrogen) atoms. The van der Waals surface area contributed by atoms with Gasteiger partial charge in [0.25, 0.3) is 5.91 Å². The number of amidine groups is 1.